The molecule has 1 atom stereocenters. The van der Waals surface area contributed by atoms with Crippen molar-refractivity contribution in [1.29, 1.82) is 0 Å². The first-order valence-corrected chi connectivity index (χ1v) is 9.10. The number of halogens is 3. The minimum Gasteiger partial charge on any atom is -0.291 e. The summed E-state index contributed by atoms with van der Waals surface area (Å²) in [7, 11) is 0. The van der Waals surface area contributed by atoms with Gasteiger partial charge >= 0.3 is 6.18 Å². The minimum atomic E-state index is -4.26. The molecule has 3 aromatic heterocycles. The molecule has 0 saturated heterocycles. The summed E-state index contributed by atoms with van der Waals surface area (Å²) in [6.45, 7) is 1.20. The van der Waals surface area contributed by atoms with Crippen LogP contribution in [0.4, 0.5) is 13.2 Å². The van der Waals surface area contributed by atoms with Crippen molar-refractivity contribution >= 4 is 49.0 Å². The molecular formula is C20H13F3N2S. The van der Waals surface area contributed by atoms with E-state index in [2.05, 4.69) is 0 Å². The second-order valence-corrected chi connectivity index (χ2v) is 7.36. The van der Waals surface area contributed by atoms with Crippen molar-refractivity contribution in [1.82, 2.24) is 9.38 Å². The third kappa shape index (κ3) is 2.08. The average Bonchev–Trinajstić information content (AvgIpc) is 3.21. The number of rotatable bonds is 1. The standard InChI is InChI=1S/C20H13F3N2S/c1-11(20(21,22)23)12-6-7-16-15(10-12)13-4-2-3-5-14(13)18-24-19-17(25(16)18)8-9-26-19/h2-11H,1H3. The number of nitrogens with zero attached hydrogens (tertiary/aromatic N) is 2. The van der Waals surface area contributed by atoms with E-state index in [1.807, 2.05) is 40.1 Å². The Bertz CT molecular complexity index is 1300. The van der Waals surface area contributed by atoms with Crippen LogP contribution in [0.15, 0.2) is 53.9 Å². The summed E-state index contributed by atoms with van der Waals surface area (Å²) in [5, 5.41) is 4.65. The molecule has 130 valence electrons. The van der Waals surface area contributed by atoms with Gasteiger partial charge in [0.25, 0.3) is 0 Å². The van der Waals surface area contributed by atoms with Crippen molar-refractivity contribution in [2.45, 2.75) is 19.0 Å². The molecule has 1 unspecified atom stereocenters. The molecule has 5 aromatic rings. The largest absolute Gasteiger partial charge is 0.395 e. The maximum Gasteiger partial charge on any atom is 0.395 e. The number of imidazole rings is 1. The third-order valence-electron chi connectivity index (χ3n) is 5.00. The van der Waals surface area contributed by atoms with E-state index < -0.39 is 12.1 Å². The van der Waals surface area contributed by atoms with Gasteiger partial charge in [0, 0.05) is 10.8 Å². The molecule has 0 spiro atoms. The second kappa shape index (κ2) is 5.20. The number of fused-ring (bicyclic) bond motifs is 8. The van der Waals surface area contributed by atoms with Crippen LogP contribution in [0.3, 0.4) is 0 Å². The Morgan fingerprint density at radius 2 is 1.73 bits per heavy atom. The number of hydrogen-bond acceptors (Lipinski definition) is 2. The summed E-state index contributed by atoms with van der Waals surface area (Å²) < 4.78 is 41.7. The van der Waals surface area contributed by atoms with Gasteiger partial charge in [0.2, 0.25) is 0 Å². The maximum absolute atomic E-state index is 13.2. The number of benzene rings is 2. The minimum absolute atomic E-state index is 0.274. The number of hydrogen-bond donors (Lipinski definition) is 0. The summed E-state index contributed by atoms with van der Waals surface area (Å²) in [6, 6.07) is 14.8. The average molecular weight is 370 g/mol. The molecule has 2 aromatic carbocycles. The zero-order valence-corrected chi connectivity index (χ0v) is 14.5. The normalized spacial score (nSPS) is 14.0. The summed E-state index contributed by atoms with van der Waals surface area (Å²) in [5.74, 6) is -1.51. The van der Waals surface area contributed by atoms with Crippen molar-refractivity contribution < 1.29 is 13.2 Å². The van der Waals surface area contributed by atoms with Crippen molar-refractivity contribution in [3.05, 3.63) is 59.5 Å². The molecule has 0 saturated carbocycles. The van der Waals surface area contributed by atoms with E-state index in [1.54, 1.807) is 29.5 Å². The summed E-state index contributed by atoms with van der Waals surface area (Å²) >= 11 is 1.56. The number of thiophene rings is 1. The zero-order valence-electron chi connectivity index (χ0n) is 13.7. The molecule has 26 heavy (non-hydrogen) atoms. The second-order valence-electron chi connectivity index (χ2n) is 6.47. The fourth-order valence-corrected chi connectivity index (χ4v) is 4.31. The van der Waals surface area contributed by atoms with Crippen molar-refractivity contribution in [3.8, 4) is 0 Å². The van der Waals surface area contributed by atoms with E-state index in [4.69, 9.17) is 4.98 Å². The van der Waals surface area contributed by atoms with E-state index in [0.717, 1.165) is 37.7 Å². The van der Waals surface area contributed by atoms with Gasteiger partial charge in [-0.3, -0.25) is 4.40 Å². The van der Waals surface area contributed by atoms with Crippen molar-refractivity contribution in [3.63, 3.8) is 0 Å². The van der Waals surface area contributed by atoms with Gasteiger partial charge in [-0.2, -0.15) is 13.2 Å². The molecule has 0 fully saturated rings. The topological polar surface area (TPSA) is 17.3 Å². The van der Waals surface area contributed by atoms with Crippen molar-refractivity contribution in [2.75, 3.05) is 0 Å². The highest BCUT2D eigenvalue weighted by Crippen LogP contribution is 2.38. The Morgan fingerprint density at radius 3 is 2.50 bits per heavy atom. The van der Waals surface area contributed by atoms with E-state index in [0.29, 0.717) is 0 Å². The highest BCUT2D eigenvalue weighted by molar-refractivity contribution is 7.16. The molecule has 2 nitrogen and oxygen atoms in total. The Hall–Kier alpha value is -2.60. The van der Waals surface area contributed by atoms with Crippen LogP contribution in [0.2, 0.25) is 0 Å². The molecule has 0 aliphatic heterocycles. The van der Waals surface area contributed by atoms with Gasteiger partial charge in [0.15, 0.2) is 0 Å². The lowest BCUT2D eigenvalue weighted by Crippen LogP contribution is -2.17. The molecule has 5 rings (SSSR count). The lowest BCUT2D eigenvalue weighted by atomic mass is 9.96. The molecule has 3 heterocycles. The predicted molar refractivity (Wildman–Crippen MR) is 100 cm³/mol. The fourth-order valence-electron chi connectivity index (χ4n) is 3.57. The first-order valence-electron chi connectivity index (χ1n) is 8.22. The lowest BCUT2D eigenvalue weighted by Gasteiger charge is -2.17. The van der Waals surface area contributed by atoms with E-state index in [9.17, 15) is 13.2 Å². The zero-order chi connectivity index (χ0) is 18.1. The van der Waals surface area contributed by atoms with Crippen LogP contribution in [0, 0.1) is 0 Å². The van der Waals surface area contributed by atoms with Crippen LogP contribution in [0.1, 0.15) is 18.4 Å². The van der Waals surface area contributed by atoms with Gasteiger partial charge in [0.1, 0.15) is 10.5 Å². The van der Waals surface area contributed by atoms with Crippen molar-refractivity contribution in [2.24, 2.45) is 0 Å². The monoisotopic (exact) mass is 370 g/mol. The van der Waals surface area contributed by atoms with Gasteiger partial charge in [-0.1, -0.05) is 30.3 Å². The van der Waals surface area contributed by atoms with Gasteiger partial charge < -0.3 is 0 Å². The Kier molecular flexibility index (Phi) is 3.13. The number of pyridine rings is 1. The Balaban J connectivity index is 1.97. The highest BCUT2D eigenvalue weighted by atomic mass is 32.1. The Morgan fingerprint density at radius 1 is 0.962 bits per heavy atom. The van der Waals surface area contributed by atoms with E-state index in [1.165, 1.54) is 6.92 Å². The molecular weight excluding hydrogens is 357 g/mol. The third-order valence-corrected chi connectivity index (χ3v) is 5.79. The summed E-state index contributed by atoms with van der Waals surface area (Å²) in [5.41, 5.74) is 2.97. The van der Waals surface area contributed by atoms with Gasteiger partial charge in [-0.15, -0.1) is 11.3 Å². The predicted octanol–water partition coefficient (Wildman–Crippen LogP) is 6.52. The first-order chi connectivity index (χ1) is 12.4. The smallest absolute Gasteiger partial charge is 0.291 e. The van der Waals surface area contributed by atoms with E-state index in [-0.39, 0.29) is 5.56 Å². The van der Waals surface area contributed by atoms with Gasteiger partial charge in [-0.25, -0.2) is 4.98 Å². The first kappa shape index (κ1) is 15.6. The van der Waals surface area contributed by atoms with Crippen LogP contribution in [0.25, 0.3) is 37.7 Å². The molecule has 6 heteroatoms. The SMILES string of the molecule is CC(c1ccc2c(c1)c1ccccc1c1nc3sccc3n21)C(F)(F)F. The summed E-state index contributed by atoms with van der Waals surface area (Å²) in [4.78, 5) is 5.68. The molecule has 0 radical (unpaired) electrons. The van der Waals surface area contributed by atoms with Crippen LogP contribution < -0.4 is 0 Å². The number of alkyl halides is 3. The maximum atomic E-state index is 13.2. The van der Waals surface area contributed by atoms with Gasteiger partial charge in [0.05, 0.1) is 17.0 Å². The summed E-state index contributed by atoms with van der Waals surface area (Å²) in [6.07, 6.45) is -4.26. The Labute approximate surface area is 150 Å². The molecule has 0 N–H and O–H groups in total. The van der Waals surface area contributed by atoms with Crippen LogP contribution in [-0.2, 0) is 0 Å². The van der Waals surface area contributed by atoms with Crippen LogP contribution in [-0.4, -0.2) is 15.6 Å². The van der Waals surface area contributed by atoms with Crippen LogP contribution in [0.5, 0.6) is 0 Å². The molecule has 0 amide bonds. The molecule has 0 bridgehead atoms. The quantitative estimate of drug-likeness (QED) is 0.307. The number of aromatic nitrogens is 2. The highest BCUT2D eigenvalue weighted by Gasteiger charge is 2.37. The molecule has 0 aliphatic carbocycles. The van der Waals surface area contributed by atoms with Crippen LogP contribution >= 0.6 is 11.3 Å². The van der Waals surface area contributed by atoms with Gasteiger partial charge in [-0.05, 0) is 41.5 Å². The van der Waals surface area contributed by atoms with E-state index >= 15 is 0 Å². The fraction of sp³-hybridized carbons (Fsp3) is 0.150. The lowest BCUT2D eigenvalue weighted by molar-refractivity contribution is -0.146. The molecule has 0 aliphatic rings.